The van der Waals surface area contributed by atoms with E-state index in [1.807, 2.05) is 6.07 Å². The first-order valence-corrected chi connectivity index (χ1v) is 7.09. The maximum Gasteiger partial charge on any atom is 0.245 e. The van der Waals surface area contributed by atoms with Gasteiger partial charge in [-0.2, -0.15) is 9.57 Å². The van der Waals surface area contributed by atoms with Crippen LogP contribution >= 0.6 is 0 Å². The zero-order chi connectivity index (χ0) is 13.2. The Labute approximate surface area is 106 Å². The molecule has 0 radical (unpaired) electrons. The van der Waals surface area contributed by atoms with E-state index in [4.69, 9.17) is 11.0 Å². The largest absolute Gasteiger partial charge is 0.330 e. The van der Waals surface area contributed by atoms with Gasteiger partial charge in [0.25, 0.3) is 0 Å². The van der Waals surface area contributed by atoms with Crippen molar-refractivity contribution in [3.63, 3.8) is 0 Å². The minimum atomic E-state index is -3.63. The minimum absolute atomic E-state index is 0.0230. The van der Waals surface area contributed by atoms with Crippen LogP contribution in [0.15, 0.2) is 23.2 Å². The molecule has 1 aliphatic rings. The molecule has 0 amide bonds. The van der Waals surface area contributed by atoms with Gasteiger partial charge in [-0.1, -0.05) is 0 Å². The Morgan fingerprint density at radius 1 is 1.61 bits per heavy atom. The summed E-state index contributed by atoms with van der Waals surface area (Å²) in [6.45, 7) is 1.34. The second kappa shape index (κ2) is 5.02. The molecule has 0 spiro atoms. The fraction of sp³-hybridized carbons (Fsp3) is 0.455. The second-order valence-electron chi connectivity index (χ2n) is 4.22. The molecule has 1 saturated heterocycles. The number of hydrogen-bond donors (Lipinski definition) is 1. The van der Waals surface area contributed by atoms with Gasteiger partial charge in [-0.05, 0) is 31.0 Å². The second-order valence-corrected chi connectivity index (χ2v) is 6.12. The normalized spacial score (nSPS) is 20.8. The summed E-state index contributed by atoms with van der Waals surface area (Å²) in [6.07, 6.45) is 2.17. The molecule has 18 heavy (non-hydrogen) atoms. The van der Waals surface area contributed by atoms with E-state index in [1.165, 1.54) is 22.6 Å². The smallest absolute Gasteiger partial charge is 0.245 e. The van der Waals surface area contributed by atoms with Gasteiger partial charge in [0.05, 0.1) is 0 Å². The highest BCUT2D eigenvalue weighted by molar-refractivity contribution is 7.89. The zero-order valence-corrected chi connectivity index (χ0v) is 10.6. The maximum atomic E-state index is 12.4. The topological polar surface area (TPSA) is 100 Å². The van der Waals surface area contributed by atoms with Crippen LogP contribution in [0.2, 0.25) is 0 Å². The van der Waals surface area contributed by atoms with Gasteiger partial charge in [-0.3, -0.25) is 0 Å². The van der Waals surface area contributed by atoms with Crippen LogP contribution in [0.5, 0.6) is 0 Å². The Morgan fingerprint density at radius 2 is 2.39 bits per heavy atom. The highest BCUT2D eigenvalue weighted by Gasteiger charge is 2.33. The summed E-state index contributed by atoms with van der Waals surface area (Å²) < 4.78 is 26.1. The van der Waals surface area contributed by atoms with Crippen LogP contribution in [-0.2, 0) is 10.0 Å². The molecule has 1 aromatic rings. The molecule has 6 nitrogen and oxygen atoms in total. The number of nitrogens with zero attached hydrogens (tertiary/aromatic N) is 3. The predicted molar refractivity (Wildman–Crippen MR) is 64.9 cm³/mol. The molecule has 1 atom stereocenters. The standard InChI is InChI=1S/C11H14N4O2S/c12-6-9-3-5-15(8-9)18(16,17)11-2-1-4-14-10(11)7-13/h1-2,4,9H,3,5-6,8,12H2. The van der Waals surface area contributed by atoms with Crippen molar-refractivity contribution in [3.05, 3.63) is 24.0 Å². The first-order chi connectivity index (χ1) is 8.59. The molecule has 0 bridgehead atoms. The van der Waals surface area contributed by atoms with E-state index in [9.17, 15) is 8.42 Å². The lowest BCUT2D eigenvalue weighted by Crippen LogP contribution is -2.30. The molecule has 2 rings (SSSR count). The molecule has 1 fully saturated rings. The van der Waals surface area contributed by atoms with E-state index in [1.54, 1.807) is 0 Å². The highest BCUT2D eigenvalue weighted by atomic mass is 32.2. The van der Waals surface area contributed by atoms with Gasteiger partial charge in [0, 0.05) is 19.3 Å². The van der Waals surface area contributed by atoms with Crippen molar-refractivity contribution < 1.29 is 8.42 Å². The molecule has 96 valence electrons. The third kappa shape index (κ3) is 2.22. The predicted octanol–water partition coefficient (Wildman–Crippen LogP) is -0.0774. The number of nitrogens with two attached hydrogens (primary N) is 1. The number of pyridine rings is 1. The average Bonchev–Trinajstić information content (AvgIpc) is 2.88. The van der Waals surface area contributed by atoms with Gasteiger partial charge in [0.2, 0.25) is 10.0 Å². The first-order valence-electron chi connectivity index (χ1n) is 5.65. The molecule has 0 aromatic carbocycles. The van der Waals surface area contributed by atoms with Gasteiger partial charge in [-0.15, -0.1) is 0 Å². The Balaban J connectivity index is 2.35. The summed E-state index contributed by atoms with van der Waals surface area (Å²) in [7, 11) is -3.63. The zero-order valence-electron chi connectivity index (χ0n) is 9.78. The molecule has 0 saturated carbocycles. The van der Waals surface area contributed by atoms with Crippen molar-refractivity contribution in [1.82, 2.24) is 9.29 Å². The quantitative estimate of drug-likeness (QED) is 0.825. The molecule has 7 heteroatoms. The van der Waals surface area contributed by atoms with Crippen molar-refractivity contribution in [2.24, 2.45) is 11.7 Å². The van der Waals surface area contributed by atoms with Gasteiger partial charge in [-0.25, -0.2) is 13.4 Å². The molecule has 0 aliphatic carbocycles. The summed E-state index contributed by atoms with van der Waals surface area (Å²) in [6, 6.07) is 4.74. The van der Waals surface area contributed by atoms with Crippen molar-refractivity contribution in [1.29, 1.82) is 5.26 Å². The van der Waals surface area contributed by atoms with Crippen LogP contribution in [0.1, 0.15) is 12.1 Å². The minimum Gasteiger partial charge on any atom is -0.330 e. The monoisotopic (exact) mass is 266 g/mol. The van der Waals surface area contributed by atoms with Crippen LogP contribution in [0.25, 0.3) is 0 Å². The van der Waals surface area contributed by atoms with Crippen molar-refractivity contribution in [2.45, 2.75) is 11.3 Å². The number of nitriles is 1. The maximum absolute atomic E-state index is 12.4. The Hall–Kier alpha value is -1.49. The average molecular weight is 266 g/mol. The van der Waals surface area contributed by atoms with E-state index in [-0.39, 0.29) is 16.5 Å². The van der Waals surface area contributed by atoms with Crippen LogP contribution in [0.4, 0.5) is 0 Å². The number of rotatable bonds is 3. The molecule has 2 N–H and O–H groups in total. The van der Waals surface area contributed by atoms with E-state index < -0.39 is 10.0 Å². The number of aromatic nitrogens is 1. The third-order valence-electron chi connectivity index (χ3n) is 3.08. The summed E-state index contributed by atoms with van der Waals surface area (Å²) in [4.78, 5) is 3.76. The van der Waals surface area contributed by atoms with E-state index in [0.717, 1.165) is 6.42 Å². The van der Waals surface area contributed by atoms with Gasteiger partial charge in [0.1, 0.15) is 11.0 Å². The number of sulfonamides is 1. The molecule has 1 aromatic heterocycles. The van der Waals surface area contributed by atoms with Crippen LogP contribution < -0.4 is 5.73 Å². The molecule has 2 heterocycles. The van der Waals surface area contributed by atoms with E-state index in [2.05, 4.69) is 4.98 Å². The lowest BCUT2D eigenvalue weighted by atomic mass is 10.1. The fourth-order valence-corrected chi connectivity index (χ4v) is 3.65. The first kappa shape index (κ1) is 13.0. The molecular weight excluding hydrogens is 252 g/mol. The molecular formula is C11H14N4O2S. The highest BCUT2D eigenvalue weighted by Crippen LogP contribution is 2.24. The van der Waals surface area contributed by atoms with E-state index >= 15 is 0 Å². The summed E-state index contributed by atoms with van der Waals surface area (Å²) in [5.74, 6) is 0.196. The summed E-state index contributed by atoms with van der Waals surface area (Å²) >= 11 is 0. The van der Waals surface area contributed by atoms with Gasteiger partial charge in [0.15, 0.2) is 5.69 Å². The number of hydrogen-bond acceptors (Lipinski definition) is 5. The Morgan fingerprint density at radius 3 is 3.00 bits per heavy atom. The van der Waals surface area contributed by atoms with E-state index in [0.29, 0.717) is 19.6 Å². The SMILES string of the molecule is N#Cc1ncccc1S(=O)(=O)N1CCC(CN)C1. The van der Waals surface area contributed by atoms with Gasteiger partial charge >= 0.3 is 0 Å². The van der Waals surface area contributed by atoms with Crippen LogP contribution in [-0.4, -0.2) is 37.3 Å². The van der Waals surface area contributed by atoms with Crippen molar-refractivity contribution >= 4 is 10.0 Å². The summed E-state index contributed by atoms with van der Waals surface area (Å²) in [5.41, 5.74) is 5.49. The lowest BCUT2D eigenvalue weighted by molar-refractivity contribution is 0.458. The molecule has 1 unspecified atom stereocenters. The molecule has 1 aliphatic heterocycles. The van der Waals surface area contributed by atoms with Crippen LogP contribution in [0.3, 0.4) is 0 Å². The Kier molecular flexibility index (Phi) is 3.61. The fourth-order valence-electron chi connectivity index (χ4n) is 2.03. The lowest BCUT2D eigenvalue weighted by Gasteiger charge is -2.16. The Bertz CT molecular complexity index is 579. The van der Waals surface area contributed by atoms with Crippen LogP contribution in [0, 0.1) is 17.2 Å². The summed E-state index contributed by atoms with van der Waals surface area (Å²) in [5, 5.41) is 8.91. The van der Waals surface area contributed by atoms with Crippen molar-refractivity contribution in [3.8, 4) is 6.07 Å². The third-order valence-corrected chi connectivity index (χ3v) is 4.97. The van der Waals surface area contributed by atoms with Crippen molar-refractivity contribution in [2.75, 3.05) is 19.6 Å². The van der Waals surface area contributed by atoms with Gasteiger partial charge < -0.3 is 5.73 Å².